The number of amidine groups is 1. The molecule has 116 valence electrons. The van der Waals surface area contributed by atoms with Crippen molar-refractivity contribution in [2.45, 2.75) is 6.92 Å². The van der Waals surface area contributed by atoms with Crippen molar-refractivity contribution in [2.75, 3.05) is 6.54 Å². The van der Waals surface area contributed by atoms with E-state index in [0.29, 0.717) is 16.6 Å². The monoisotopic (exact) mass is 325 g/mol. The summed E-state index contributed by atoms with van der Waals surface area (Å²) in [5.41, 5.74) is 0.730. The van der Waals surface area contributed by atoms with Gasteiger partial charge >= 0.3 is 0 Å². The highest BCUT2D eigenvalue weighted by atomic mass is 32.2. The first kappa shape index (κ1) is 15.3. The highest BCUT2D eigenvalue weighted by molar-refractivity contribution is 8.18. The van der Waals surface area contributed by atoms with Gasteiger partial charge in [0.15, 0.2) is 5.17 Å². The fourth-order valence-corrected chi connectivity index (χ4v) is 3.05. The summed E-state index contributed by atoms with van der Waals surface area (Å²) < 4.78 is 5.22. The van der Waals surface area contributed by atoms with E-state index in [2.05, 4.69) is 9.98 Å². The first-order valence-electron chi connectivity index (χ1n) is 7.18. The third kappa shape index (κ3) is 3.60. The molecule has 0 spiro atoms. The summed E-state index contributed by atoms with van der Waals surface area (Å²) in [5.74, 6) is 0.707. The van der Waals surface area contributed by atoms with Crippen molar-refractivity contribution >= 4 is 34.6 Å². The number of furan rings is 1. The van der Waals surface area contributed by atoms with Crippen LogP contribution in [0.2, 0.25) is 0 Å². The molecule has 1 saturated heterocycles. The molecule has 1 amide bonds. The summed E-state index contributed by atoms with van der Waals surface area (Å²) in [4.78, 5) is 23.3. The maximum absolute atomic E-state index is 12.4. The molecular formula is C17H15N3O2S. The molecule has 0 aliphatic carbocycles. The first-order valence-corrected chi connectivity index (χ1v) is 8.00. The number of aromatic nitrogens is 1. The zero-order valence-electron chi connectivity index (χ0n) is 12.5. The molecule has 0 bridgehead atoms. The van der Waals surface area contributed by atoms with Crippen molar-refractivity contribution in [3.8, 4) is 0 Å². The highest BCUT2D eigenvalue weighted by Crippen LogP contribution is 2.32. The molecule has 0 saturated carbocycles. The molecule has 1 aliphatic rings. The Balaban J connectivity index is 1.81. The zero-order chi connectivity index (χ0) is 16.1. The average Bonchev–Trinajstić information content (AvgIpc) is 3.17. The lowest BCUT2D eigenvalue weighted by Gasteiger charge is -2.11. The molecule has 0 unspecified atom stereocenters. The molecule has 0 N–H and O–H groups in total. The number of carbonyl (C=O) groups excluding carboxylic acids is 1. The quantitative estimate of drug-likeness (QED) is 0.801. The Hall–Kier alpha value is -2.60. The minimum Gasteiger partial charge on any atom is -0.465 e. The van der Waals surface area contributed by atoms with Crippen LogP contribution in [0.4, 0.5) is 5.69 Å². The van der Waals surface area contributed by atoms with Gasteiger partial charge in [0.2, 0.25) is 0 Å². The number of thioether (sulfide) groups is 1. The maximum atomic E-state index is 12.4. The molecular weight excluding hydrogens is 310 g/mol. The largest absolute Gasteiger partial charge is 0.465 e. The summed E-state index contributed by atoms with van der Waals surface area (Å²) in [6.07, 6.45) is 10.4. The molecule has 1 fully saturated rings. The Morgan fingerprint density at radius 2 is 2.30 bits per heavy atom. The minimum atomic E-state index is -0.0377. The molecule has 0 radical (unpaired) electrons. The number of likely N-dealkylation sites (N-methyl/N-ethyl adjacent to an activating group) is 1. The Kier molecular flexibility index (Phi) is 4.73. The van der Waals surface area contributed by atoms with Gasteiger partial charge in [-0.2, -0.15) is 0 Å². The Bertz CT molecular complexity index is 764. The Labute approximate surface area is 138 Å². The second kappa shape index (κ2) is 7.11. The van der Waals surface area contributed by atoms with E-state index in [1.54, 1.807) is 35.7 Å². The molecule has 2 aromatic rings. The number of allylic oxidation sites excluding steroid dienone is 2. The van der Waals surface area contributed by atoms with E-state index in [4.69, 9.17) is 4.42 Å². The zero-order valence-corrected chi connectivity index (χ0v) is 13.4. The first-order chi connectivity index (χ1) is 11.3. The molecule has 2 aromatic heterocycles. The topological polar surface area (TPSA) is 58.7 Å². The lowest BCUT2D eigenvalue weighted by Crippen LogP contribution is -2.28. The van der Waals surface area contributed by atoms with Gasteiger partial charge in [-0.25, -0.2) is 4.99 Å². The molecule has 23 heavy (non-hydrogen) atoms. The lowest BCUT2D eigenvalue weighted by atomic mass is 10.3. The van der Waals surface area contributed by atoms with Gasteiger partial charge in [-0.15, -0.1) is 0 Å². The molecule has 5 nitrogen and oxygen atoms in total. The van der Waals surface area contributed by atoms with E-state index in [0.717, 1.165) is 11.4 Å². The highest BCUT2D eigenvalue weighted by Gasteiger charge is 2.31. The number of amides is 1. The Morgan fingerprint density at radius 1 is 1.39 bits per heavy atom. The van der Waals surface area contributed by atoms with Crippen LogP contribution in [0.15, 0.2) is 69.4 Å². The van der Waals surface area contributed by atoms with Crippen LogP contribution in [0.25, 0.3) is 6.08 Å². The van der Waals surface area contributed by atoms with Gasteiger partial charge in [0.25, 0.3) is 5.91 Å². The minimum absolute atomic E-state index is 0.0377. The third-order valence-corrected chi connectivity index (χ3v) is 4.15. The normalized spacial score (nSPS) is 18.7. The molecule has 0 aromatic carbocycles. The van der Waals surface area contributed by atoms with Gasteiger partial charge in [-0.1, -0.05) is 6.08 Å². The van der Waals surface area contributed by atoms with E-state index in [1.807, 2.05) is 37.3 Å². The van der Waals surface area contributed by atoms with Gasteiger partial charge in [0.1, 0.15) is 5.76 Å². The summed E-state index contributed by atoms with van der Waals surface area (Å²) in [6.45, 7) is 2.50. The average molecular weight is 325 g/mol. The molecule has 0 atom stereocenters. The van der Waals surface area contributed by atoms with Crippen LogP contribution in [-0.4, -0.2) is 27.5 Å². The van der Waals surface area contributed by atoms with E-state index in [1.165, 1.54) is 11.8 Å². The van der Waals surface area contributed by atoms with Crippen LogP contribution < -0.4 is 0 Å². The summed E-state index contributed by atoms with van der Waals surface area (Å²) in [6, 6.07) is 7.35. The maximum Gasteiger partial charge on any atom is 0.266 e. The van der Waals surface area contributed by atoms with Crippen molar-refractivity contribution in [1.82, 2.24) is 9.88 Å². The molecule has 6 heteroatoms. The smallest absolute Gasteiger partial charge is 0.266 e. The Morgan fingerprint density at radius 3 is 3.00 bits per heavy atom. The number of pyridine rings is 1. The number of hydrogen-bond donors (Lipinski definition) is 0. The fourth-order valence-electron chi connectivity index (χ4n) is 2.03. The van der Waals surface area contributed by atoms with Gasteiger partial charge < -0.3 is 4.42 Å². The molecule has 3 heterocycles. The van der Waals surface area contributed by atoms with Crippen molar-refractivity contribution in [2.24, 2.45) is 4.99 Å². The van der Waals surface area contributed by atoms with Crippen LogP contribution in [0, 0.1) is 0 Å². The van der Waals surface area contributed by atoms with Crippen LogP contribution in [-0.2, 0) is 4.79 Å². The van der Waals surface area contributed by atoms with Crippen LogP contribution >= 0.6 is 11.8 Å². The van der Waals surface area contributed by atoms with Crippen LogP contribution in [0.3, 0.4) is 0 Å². The summed E-state index contributed by atoms with van der Waals surface area (Å²) in [7, 11) is 0. The van der Waals surface area contributed by atoms with Gasteiger partial charge in [0.05, 0.1) is 23.1 Å². The number of carbonyl (C=O) groups is 1. The van der Waals surface area contributed by atoms with Gasteiger partial charge in [-0.05, 0) is 55.1 Å². The fraction of sp³-hybridized carbons (Fsp3) is 0.118. The van der Waals surface area contributed by atoms with E-state index < -0.39 is 0 Å². The van der Waals surface area contributed by atoms with Crippen molar-refractivity contribution < 1.29 is 9.21 Å². The second-order valence-electron chi connectivity index (χ2n) is 4.66. The predicted octanol–water partition coefficient (Wildman–Crippen LogP) is 3.85. The van der Waals surface area contributed by atoms with Gasteiger partial charge in [0, 0.05) is 12.7 Å². The lowest BCUT2D eigenvalue weighted by molar-refractivity contribution is -0.122. The van der Waals surface area contributed by atoms with Crippen molar-refractivity contribution in [3.05, 3.63) is 65.7 Å². The number of hydrogen-bond acceptors (Lipinski definition) is 5. The molecule has 1 aliphatic heterocycles. The third-order valence-electron chi connectivity index (χ3n) is 3.13. The van der Waals surface area contributed by atoms with Crippen molar-refractivity contribution in [1.29, 1.82) is 0 Å². The van der Waals surface area contributed by atoms with E-state index in [-0.39, 0.29) is 5.91 Å². The summed E-state index contributed by atoms with van der Waals surface area (Å²) in [5, 5.41) is 0.670. The number of rotatable bonds is 4. The number of aliphatic imine (C=N–C) groups is 1. The summed E-state index contributed by atoms with van der Waals surface area (Å²) >= 11 is 1.36. The predicted molar refractivity (Wildman–Crippen MR) is 92.1 cm³/mol. The van der Waals surface area contributed by atoms with Crippen LogP contribution in [0.1, 0.15) is 12.7 Å². The molecule has 3 rings (SSSR count). The SMILES string of the molecule is CCN1C(=O)/C(=C\C=C\c2ccco2)SC1=Nc1cccnc1. The second-order valence-corrected chi connectivity index (χ2v) is 5.67. The van der Waals surface area contributed by atoms with Gasteiger partial charge in [-0.3, -0.25) is 14.7 Å². The van der Waals surface area contributed by atoms with Crippen LogP contribution in [0.5, 0.6) is 0 Å². The standard InChI is InChI=1S/C17H15N3O2S/c1-2-20-16(21)15(9-3-7-14-8-5-11-22-14)23-17(20)19-13-6-4-10-18-12-13/h3-12H,2H2,1H3/b7-3+,15-9+,19-17?. The number of nitrogens with zero attached hydrogens (tertiary/aromatic N) is 3. The van der Waals surface area contributed by atoms with E-state index >= 15 is 0 Å². The van der Waals surface area contributed by atoms with Crippen molar-refractivity contribution in [3.63, 3.8) is 0 Å². The van der Waals surface area contributed by atoms with E-state index in [9.17, 15) is 4.79 Å².